The van der Waals surface area contributed by atoms with E-state index in [1.165, 1.54) is 0 Å². The van der Waals surface area contributed by atoms with Gasteiger partial charge in [0, 0.05) is 4.47 Å². The second-order valence-corrected chi connectivity index (χ2v) is 3.72. The summed E-state index contributed by atoms with van der Waals surface area (Å²) in [5, 5.41) is 9.21. The van der Waals surface area contributed by atoms with Crippen LogP contribution in [0.4, 0.5) is 13.2 Å². The second kappa shape index (κ2) is 3.84. The van der Waals surface area contributed by atoms with Gasteiger partial charge in [-0.3, -0.25) is 4.79 Å². The fourth-order valence-corrected chi connectivity index (χ4v) is 1.75. The molecule has 0 aliphatic heterocycles. The van der Waals surface area contributed by atoms with Gasteiger partial charge in [-0.15, -0.1) is 0 Å². The van der Waals surface area contributed by atoms with Crippen molar-refractivity contribution in [3.63, 3.8) is 0 Å². The van der Waals surface area contributed by atoms with Crippen LogP contribution in [-0.2, 0) is 6.18 Å². The summed E-state index contributed by atoms with van der Waals surface area (Å²) in [4.78, 5) is 11.0. The van der Waals surface area contributed by atoms with Gasteiger partial charge in [0.15, 0.2) is 5.78 Å². The summed E-state index contributed by atoms with van der Waals surface area (Å²) >= 11 is 2.70. The molecular weight excluding hydrogens is 277 g/mol. The summed E-state index contributed by atoms with van der Waals surface area (Å²) < 4.78 is 37.4. The molecule has 0 fully saturated rings. The van der Waals surface area contributed by atoms with Crippen molar-refractivity contribution in [2.45, 2.75) is 13.1 Å². The Balaban J connectivity index is 3.60. The molecule has 0 unspecified atom stereocenters. The van der Waals surface area contributed by atoms with Gasteiger partial charge in [-0.2, -0.15) is 13.2 Å². The number of rotatable bonds is 1. The maximum absolute atomic E-state index is 12.6. The van der Waals surface area contributed by atoms with Crippen LogP contribution in [0.2, 0.25) is 0 Å². The molecular formula is C9H6BrF3O2. The molecule has 82 valence electrons. The molecule has 0 atom stereocenters. The number of alkyl halides is 3. The van der Waals surface area contributed by atoms with Crippen molar-refractivity contribution in [1.29, 1.82) is 0 Å². The quantitative estimate of drug-likeness (QED) is 0.802. The fraction of sp³-hybridized carbons (Fsp3) is 0.222. The van der Waals surface area contributed by atoms with E-state index in [9.17, 15) is 23.1 Å². The molecule has 1 N–H and O–H groups in total. The number of hydrogen-bond donors (Lipinski definition) is 1. The van der Waals surface area contributed by atoms with Crippen molar-refractivity contribution in [2.75, 3.05) is 0 Å². The van der Waals surface area contributed by atoms with Crippen LogP contribution in [0.15, 0.2) is 16.6 Å². The van der Waals surface area contributed by atoms with Crippen molar-refractivity contribution in [3.8, 4) is 5.75 Å². The van der Waals surface area contributed by atoms with Crippen LogP contribution in [0.1, 0.15) is 22.8 Å². The molecule has 0 spiro atoms. The standard InChI is InChI=1S/C9H6BrF3O2/c1-4(14)7-6(15)3-2-5(10)8(7)9(11,12)13/h2-3,15H,1H3. The molecule has 0 radical (unpaired) electrons. The topological polar surface area (TPSA) is 37.3 Å². The van der Waals surface area contributed by atoms with Gasteiger partial charge in [0.2, 0.25) is 0 Å². The largest absolute Gasteiger partial charge is 0.507 e. The van der Waals surface area contributed by atoms with Gasteiger partial charge < -0.3 is 5.11 Å². The summed E-state index contributed by atoms with van der Waals surface area (Å²) in [5.41, 5.74) is -1.85. The third-order valence-corrected chi connectivity index (χ3v) is 2.43. The highest BCUT2D eigenvalue weighted by atomic mass is 79.9. The Morgan fingerprint density at radius 3 is 2.27 bits per heavy atom. The van der Waals surface area contributed by atoms with E-state index in [0.717, 1.165) is 19.1 Å². The number of aromatic hydroxyl groups is 1. The van der Waals surface area contributed by atoms with Crippen molar-refractivity contribution in [3.05, 3.63) is 27.7 Å². The first kappa shape index (κ1) is 12.0. The Labute approximate surface area is 91.8 Å². The van der Waals surface area contributed by atoms with Gasteiger partial charge in [-0.25, -0.2) is 0 Å². The van der Waals surface area contributed by atoms with E-state index in [-0.39, 0.29) is 4.47 Å². The molecule has 0 bridgehead atoms. The van der Waals surface area contributed by atoms with E-state index in [2.05, 4.69) is 15.9 Å². The van der Waals surface area contributed by atoms with Gasteiger partial charge in [0.05, 0.1) is 11.1 Å². The highest BCUT2D eigenvalue weighted by Gasteiger charge is 2.38. The zero-order valence-corrected chi connectivity index (χ0v) is 9.11. The minimum atomic E-state index is -4.68. The number of hydrogen-bond acceptors (Lipinski definition) is 2. The first-order valence-corrected chi connectivity index (χ1v) is 4.64. The van der Waals surface area contributed by atoms with Gasteiger partial charge in [0.25, 0.3) is 0 Å². The maximum Gasteiger partial charge on any atom is 0.418 e. The lowest BCUT2D eigenvalue weighted by molar-refractivity contribution is -0.138. The highest BCUT2D eigenvalue weighted by molar-refractivity contribution is 9.10. The van der Waals surface area contributed by atoms with Crippen molar-refractivity contribution < 1.29 is 23.1 Å². The third kappa shape index (κ3) is 2.31. The summed E-state index contributed by atoms with van der Waals surface area (Å²) in [6.07, 6.45) is -4.68. The SMILES string of the molecule is CC(=O)c1c(O)ccc(Br)c1C(F)(F)F. The number of benzene rings is 1. The highest BCUT2D eigenvalue weighted by Crippen LogP contribution is 2.40. The number of halogens is 4. The zero-order chi connectivity index (χ0) is 11.8. The first-order valence-electron chi connectivity index (χ1n) is 3.84. The molecule has 1 rings (SSSR count). The fourth-order valence-electron chi connectivity index (χ4n) is 1.20. The normalized spacial score (nSPS) is 11.5. The van der Waals surface area contributed by atoms with Crippen LogP contribution >= 0.6 is 15.9 Å². The smallest absolute Gasteiger partial charge is 0.418 e. The van der Waals surface area contributed by atoms with E-state index in [4.69, 9.17) is 0 Å². The lowest BCUT2D eigenvalue weighted by atomic mass is 10.0. The lowest BCUT2D eigenvalue weighted by Gasteiger charge is -2.13. The molecule has 1 aromatic carbocycles. The van der Waals surface area contributed by atoms with Crippen molar-refractivity contribution >= 4 is 21.7 Å². The number of carbonyl (C=O) groups excluding carboxylic acids is 1. The molecule has 2 nitrogen and oxygen atoms in total. The number of phenols is 1. The Bertz CT molecular complexity index is 413. The van der Waals surface area contributed by atoms with Crippen molar-refractivity contribution in [2.24, 2.45) is 0 Å². The van der Waals surface area contributed by atoms with E-state index in [1.807, 2.05) is 0 Å². The number of carbonyl (C=O) groups is 1. The second-order valence-electron chi connectivity index (χ2n) is 2.87. The van der Waals surface area contributed by atoms with E-state index in [0.29, 0.717) is 0 Å². The Morgan fingerprint density at radius 2 is 1.93 bits per heavy atom. The minimum absolute atomic E-state index is 0.266. The minimum Gasteiger partial charge on any atom is -0.507 e. The molecule has 0 aliphatic rings. The van der Waals surface area contributed by atoms with Crippen LogP contribution < -0.4 is 0 Å². The number of ketones is 1. The number of phenolic OH excluding ortho intramolecular Hbond substituents is 1. The van der Waals surface area contributed by atoms with E-state index in [1.54, 1.807) is 0 Å². The molecule has 6 heteroatoms. The van der Waals surface area contributed by atoms with Gasteiger partial charge in [0.1, 0.15) is 5.75 Å². The van der Waals surface area contributed by atoms with Crippen LogP contribution in [0.25, 0.3) is 0 Å². The van der Waals surface area contributed by atoms with Gasteiger partial charge >= 0.3 is 6.18 Å². The zero-order valence-electron chi connectivity index (χ0n) is 7.52. The molecule has 0 aromatic heterocycles. The summed E-state index contributed by atoms with van der Waals surface area (Å²) in [6.45, 7) is 0.969. The first-order chi connectivity index (χ1) is 6.75. The number of Topliss-reactive ketones (excluding diaryl/α,β-unsaturated/α-hetero) is 1. The van der Waals surface area contributed by atoms with Gasteiger partial charge in [-0.1, -0.05) is 15.9 Å². The van der Waals surface area contributed by atoms with Crippen LogP contribution in [0.5, 0.6) is 5.75 Å². The third-order valence-electron chi connectivity index (χ3n) is 1.77. The molecule has 15 heavy (non-hydrogen) atoms. The summed E-state index contributed by atoms with van der Waals surface area (Å²) in [7, 11) is 0. The Morgan fingerprint density at radius 1 is 1.40 bits per heavy atom. The average molecular weight is 283 g/mol. The Hall–Kier alpha value is -1.04. The van der Waals surface area contributed by atoms with Crippen LogP contribution in [0, 0.1) is 0 Å². The maximum atomic E-state index is 12.6. The van der Waals surface area contributed by atoms with E-state index < -0.39 is 28.8 Å². The molecule has 0 saturated heterocycles. The molecule has 0 saturated carbocycles. The summed E-state index contributed by atoms with van der Waals surface area (Å²) in [6, 6.07) is 2.08. The predicted molar refractivity (Wildman–Crippen MR) is 50.8 cm³/mol. The van der Waals surface area contributed by atoms with Crippen LogP contribution in [-0.4, -0.2) is 10.9 Å². The van der Waals surface area contributed by atoms with Crippen molar-refractivity contribution in [1.82, 2.24) is 0 Å². The molecule has 0 amide bonds. The Kier molecular flexibility index (Phi) is 3.08. The molecule has 0 heterocycles. The average Bonchev–Trinajstić information content (AvgIpc) is 2.05. The van der Waals surface area contributed by atoms with Gasteiger partial charge in [-0.05, 0) is 19.1 Å². The predicted octanol–water partition coefficient (Wildman–Crippen LogP) is 3.38. The van der Waals surface area contributed by atoms with Crippen LogP contribution in [0.3, 0.4) is 0 Å². The molecule has 0 aliphatic carbocycles. The summed E-state index contributed by atoms with van der Waals surface area (Å²) in [5.74, 6) is -1.50. The molecule has 1 aromatic rings. The van der Waals surface area contributed by atoms with E-state index >= 15 is 0 Å². The monoisotopic (exact) mass is 282 g/mol. The lowest BCUT2D eigenvalue weighted by Crippen LogP contribution is -2.12.